The number of aromatic nitrogens is 1. The second-order valence-corrected chi connectivity index (χ2v) is 3.23. The molecule has 0 atom stereocenters. The van der Waals surface area contributed by atoms with E-state index in [1.807, 2.05) is 0 Å². The molecule has 0 saturated heterocycles. The largest absolute Gasteiger partial charge is 0.478 e. The number of hydrogen-bond acceptors (Lipinski definition) is 3. The number of carboxylic acid groups (broad SMARTS) is 1. The average molecular weight is 270 g/mol. The van der Waals surface area contributed by atoms with Crippen LogP contribution in [0.25, 0.3) is 0 Å². The van der Waals surface area contributed by atoms with Crippen molar-refractivity contribution >= 4 is 5.97 Å². The van der Waals surface area contributed by atoms with Gasteiger partial charge in [0.1, 0.15) is 5.69 Å². The Morgan fingerprint density at radius 3 is 2.33 bits per heavy atom. The minimum atomic E-state index is -5.24. The highest BCUT2D eigenvalue weighted by molar-refractivity contribution is 5.90. The molecule has 1 aromatic heterocycles. The summed E-state index contributed by atoms with van der Waals surface area (Å²) < 4.78 is 62.8. The molecule has 9 heteroatoms. The van der Waals surface area contributed by atoms with Gasteiger partial charge in [0.15, 0.2) is 0 Å². The van der Waals surface area contributed by atoms with Crippen LogP contribution in [0.15, 0.2) is 6.07 Å². The van der Waals surface area contributed by atoms with Gasteiger partial charge in [0.25, 0.3) is 6.43 Å². The second-order valence-electron chi connectivity index (χ2n) is 3.23. The van der Waals surface area contributed by atoms with Gasteiger partial charge in [0, 0.05) is 6.54 Å². The molecule has 0 aliphatic heterocycles. The van der Waals surface area contributed by atoms with E-state index in [9.17, 15) is 26.7 Å². The molecule has 100 valence electrons. The van der Waals surface area contributed by atoms with Gasteiger partial charge in [-0.3, -0.25) is 0 Å². The first-order chi connectivity index (χ1) is 8.18. The van der Waals surface area contributed by atoms with Crippen LogP contribution >= 0.6 is 0 Å². The Morgan fingerprint density at radius 2 is 2.00 bits per heavy atom. The zero-order valence-electron chi connectivity index (χ0n) is 8.63. The Hall–Kier alpha value is -1.77. The molecular formula is C9H7F5N2O2. The van der Waals surface area contributed by atoms with E-state index >= 15 is 0 Å². The molecule has 0 bridgehead atoms. The molecule has 0 amide bonds. The molecule has 0 spiro atoms. The number of hydrogen-bond donors (Lipinski definition) is 2. The highest BCUT2D eigenvalue weighted by Crippen LogP contribution is 2.38. The van der Waals surface area contributed by atoms with Gasteiger partial charge in [-0.1, -0.05) is 0 Å². The van der Waals surface area contributed by atoms with E-state index in [0.29, 0.717) is 6.07 Å². The average Bonchev–Trinajstić information content (AvgIpc) is 2.25. The molecule has 0 unspecified atom stereocenters. The predicted molar refractivity (Wildman–Crippen MR) is 49.0 cm³/mol. The van der Waals surface area contributed by atoms with Gasteiger partial charge in [-0.15, -0.1) is 0 Å². The van der Waals surface area contributed by atoms with Gasteiger partial charge in [-0.2, -0.15) is 13.2 Å². The summed E-state index contributed by atoms with van der Waals surface area (Å²) in [5.74, 6) is -1.97. The number of nitrogens with two attached hydrogens (primary N) is 1. The lowest BCUT2D eigenvalue weighted by Gasteiger charge is -2.15. The van der Waals surface area contributed by atoms with Crippen molar-refractivity contribution in [2.75, 3.05) is 0 Å². The van der Waals surface area contributed by atoms with E-state index < -0.39 is 41.9 Å². The van der Waals surface area contributed by atoms with Crippen LogP contribution < -0.4 is 5.73 Å². The molecule has 1 aromatic rings. The monoisotopic (exact) mass is 270 g/mol. The van der Waals surface area contributed by atoms with Gasteiger partial charge in [0.2, 0.25) is 0 Å². The summed E-state index contributed by atoms with van der Waals surface area (Å²) >= 11 is 0. The molecule has 0 radical (unpaired) electrons. The van der Waals surface area contributed by atoms with Gasteiger partial charge in [-0.25, -0.2) is 18.6 Å². The first-order valence-corrected chi connectivity index (χ1v) is 4.51. The lowest BCUT2D eigenvalue weighted by atomic mass is 10.0. The minimum absolute atomic E-state index is 0.351. The van der Waals surface area contributed by atoms with Crippen LogP contribution in [0.5, 0.6) is 0 Å². The maximum atomic E-state index is 12.6. The van der Waals surface area contributed by atoms with Crippen molar-refractivity contribution < 1.29 is 31.9 Å². The maximum absolute atomic E-state index is 12.6. The third-order valence-electron chi connectivity index (χ3n) is 2.03. The van der Waals surface area contributed by atoms with Gasteiger partial charge < -0.3 is 10.8 Å². The maximum Gasteiger partial charge on any atom is 0.419 e. The van der Waals surface area contributed by atoms with E-state index in [-0.39, 0.29) is 5.69 Å². The van der Waals surface area contributed by atoms with Crippen LogP contribution in [0.1, 0.15) is 33.7 Å². The topological polar surface area (TPSA) is 76.2 Å². The Bertz CT molecular complexity index is 473. The van der Waals surface area contributed by atoms with E-state index in [1.165, 1.54) is 0 Å². The molecular weight excluding hydrogens is 263 g/mol. The number of carbonyl (C=O) groups is 1. The van der Waals surface area contributed by atoms with Crippen LogP contribution in [0.4, 0.5) is 22.0 Å². The smallest absolute Gasteiger partial charge is 0.419 e. The fourth-order valence-electron chi connectivity index (χ4n) is 1.35. The van der Waals surface area contributed by atoms with Crippen molar-refractivity contribution in [2.45, 2.75) is 19.1 Å². The SMILES string of the molecule is NCc1cc(C(=O)O)c(C(F)(F)F)c(C(F)F)n1. The van der Waals surface area contributed by atoms with Crippen molar-refractivity contribution in [1.82, 2.24) is 4.98 Å². The van der Waals surface area contributed by atoms with E-state index in [4.69, 9.17) is 10.8 Å². The Morgan fingerprint density at radius 1 is 1.44 bits per heavy atom. The van der Waals surface area contributed by atoms with Crippen LogP contribution in [0, 0.1) is 0 Å². The van der Waals surface area contributed by atoms with Gasteiger partial charge >= 0.3 is 12.1 Å². The highest BCUT2D eigenvalue weighted by Gasteiger charge is 2.41. The molecule has 0 saturated carbocycles. The lowest BCUT2D eigenvalue weighted by Crippen LogP contribution is -2.19. The molecule has 1 heterocycles. The van der Waals surface area contributed by atoms with Crippen LogP contribution in [-0.4, -0.2) is 16.1 Å². The number of rotatable bonds is 3. The second kappa shape index (κ2) is 4.84. The lowest BCUT2D eigenvalue weighted by molar-refractivity contribution is -0.140. The number of carboxylic acids is 1. The molecule has 1 rings (SSSR count). The Labute approximate surface area is 97.2 Å². The number of alkyl halides is 5. The third-order valence-corrected chi connectivity index (χ3v) is 2.03. The zero-order valence-corrected chi connectivity index (χ0v) is 8.63. The van der Waals surface area contributed by atoms with E-state index in [1.54, 1.807) is 0 Å². The Balaban J connectivity index is 3.67. The first kappa shape index (κ1) is 14.3. The molecule has 3 N–H and O–H groups in total. The summed E-state index contributed by atoms with van der Waals surface area (Å²) in [6.07, 6.45) is -8.79. The van der Waals surface area contributed by atoms with Crippen molar-refractivity contribution in [3.8, 4) is 0 Å². The fraction of sp³-hybridized carbons (Fsp3) is 0.333. The van der Waals surface area contributed by atoms with E-state index in [0.717, 1.165) is 0 Å². The first-order valence-electron chi connectivity index (χ1n) is 4.51. The fourth-order valence-corrected chi connectivity index (χ4v) is 1.35. The summed E-state index contributed by atoms with van der Waals surface area (Å²) in [7, 11) is 0. The summed E-state index contributed by atoms with van der Waals surface area (Å²) in [4.78, 5) is 13.7. The molecule has 0 aromatic carbocycles. The van der Waals surface area contributed by atoms with Crippen LogP contribution in [0.2, 0.25) is 0 Å². The minimum Gasteiger partial charge on any atom is -0.478 e. The summed E-state index contributed by atoms with van der Waals surface area (Å²) in [6.45, 7) is -0.446. The predicted octanol–water partition coefficient (Wildman–Crippen LogP) is 2.19. The zero-order chi connectivity index (χ0) is 14.1. The van der Waals surface area contributed by atoms with Gasteiger partial charge in [-0.05, 0) is 6.07 Å². The van der Waals surface area contributed by atoms with Crippen molar-refractivity contribution in [2.24, 2.45) is 5.73 Å². The summed E-state index contributed by atoms with van der Waals surface area (Å²) in [5.41, 5.74) is -0.135. The molecule has 0 aliphatic carbocycles. The Kier molecular flexibility index (Phi) is 3.85. The highest BCUT2D eigenvalue weighted by atomic mass is 19.4. The quantitative estimate of drug-likeness (QED) is 0.825. The van der Waals surface area contributed by atoms with Crippen molar-refractivity contribution in [3.63, 3.8) is 0 Å². The standard InChI is InChI=1S/C9H7F5N2O2/c10-7(11)6-5(9(12,13)14)4(8(17)18)1-3(2-15)16-6/h1,7H,2,15H2,(H,17,18). The summed E-state index contributed by atoms with van der Waals surface area (Å²) in [6, 6.07) is 0.539. The number of pyridine rings is 1. The van der Waals surface area contributed by atoms with E-state index in [2.05, 4.69) is 4.98 Å². The van der Waals surface area contributed by atoms with Crippen molar-refractivity contribution in [1.29, 1.82) is 0 Å². The molecule has 0 fully saturated rings. The molecule has 4 nitrogen and oxygen atoms in total. The van der Waals surface area contributed by atoms with Gasteiger partial charge in [0.05, 0.1) is 16.8 Å². The van der Waals surface area contributed by atoms with Crippen molar-refractivity contribution in [3.05, 3.63) is 28.6 Å². The number of nitrogens with zero attached hydrogens (tertiary/aromatic N) is 1. The summed E-state index contributed by atoms with van der Waals surface area (Å²) in [5, 5.41) is 8.64. The molecule has 0 aliphatic rings. The molecule has 18 heavy (non-hydrogen) atoms. The van der Waals surface area contributed by atoms with Crippen LogP contribution in [0.3, 0.4) is 0 Å². The number of aromatic carboxylic acids is 1. The third kappa shape index (κ3) is 2.73. The van der Waals surface area contributed by atoms with Crippen LogP contribution in [-0.2, 0) is 12.7 Å². The number of halogens is 5. The normalized spacial score (nSPS) is 11.9.